The van der Waals surface area contributed by atoms with Crippen molar-refractivity contribution in [2.24, 2.45) is 0 Å². The maximum absolute atomic E-state index is 12.1. The Morgan fingerprint density at radius 1 is 1.10 bits per heavy atom. The maximum atomic E-state index is 12.1. The molecule has 8 heteroatoms. The molecule has 2 aromatic carbocycles. The predicted molar refractivity (Wildman–Crippen MR) is 113 cm³/mol. The Balaban J connectivity index is 1.36. The third-order valence-corrected chi connectivity index (χ3v) is 4.97. The molecule has 0 radical (unpaired) electrons. The SMILES string of the molecule is COc1cccc(OCCNC(=O)Cc2csc(COc3ccc(Cl)cc3)n2)c1. The number of methoxy groups -OCH3 is 1. The van der Waals surface area contributed by atoms with Crippen LogP contribution < -0.4 is 19.5 Å². The summed E-state index contributed by atoms with van der Waals surface area (Å²) >= 11 is 7.32. The van der Waals surface area contributed by atoms with Crippen LogP contribution in [0.4, 0.5) is 0 Å². The fraction of sp³-hybridized carbons (Fsp3) is 0.238. The average Bonchev–Trinajstić information content (AvgIpc) is 3.18. The van der Waals surface area contributed by atoms with Gasteiger partial charge in [-0.2, -0.15) is 0 Å². The van der Waals surface area contributed by atoms with E-state index in [1.807, 2.05) is 23.6 Å². The summed E-state index contributed by atoms with van der Waals surface area (Å²) in [6.45, 7) is 1.13. The van der Waals surface area contributed by atoms with Crippen LogP contribution in [0.3, 0.4) is 0 Å². The van der Waals surface area contributed by atoms with Gasteiger partial charge in [0.15, 0.2) is 0 Å². The van der Waals surface area contributed by atoms with Crippen molar-refractivity contribution in [2.45, 2.75) is 13.0 Å². The van der Waals surface area contributed by atoms with E-state index in [1.54, 1.807) is 37.4 Å². The van der Waals surface area contributed by atoms with E-state index in [-0.39, 0.29) is 12.3 Å². The number of benzene rings is 2. The molecule has 0 saturated carbocycles. The summed E-state index contributed by atoms with van der Waals surface area (Å²) in [5.74, 6) is 2.05. The van der Waals surface area contributed by atoms with Gasteiger partial charge in [0, 0.05) is 16.5 Å². The fourth-order valence-corrected chi connectivity index (χ4v) is 3.28. The molecule has 1 aromatic heterocycles. The smallest absolute Gasteiger partial charge is 0.226 e. The van der Waals surface area contributed by atoms with Crippen LogP contribution in [0, 0.1) is 0 Å². The second-order valence-electron chi connectivity index (χ2n) is 6.03. The van der Waals surface area contributed by atoms with Crippen LogP contribution in [0.25, 0.3) is 0 Å². The van der Waals surface area contributed by atoms with E-state index in [0.29, 0.717) is 30.5 Å². The maximum Gasteiger partial charge on any atom is 0.226 e. The van der Waals surface area contributed by atoms with Crippen LogP contribution in [0.5, 0.6) is 17.2 Å². The number of rotatable bonds is 10. The second-order valence-corrected chi connectivity index (χ2v) is 7.41. The van der Waals surface area contributed by atoms with Crippen molar-refractivity contribution in [2.75, 3.05) is 20.3 Å². The Kier molecular flexibility index (Phi) is 7.72. The van der Waals surface area contributed by atoms with E-state index in [0.717, 1.165) is 22.2 Å². The molecular weight excluding hydrogens is 412 g/mol. The van der Waals surface area contributed by atoms with Gasteiger partial charge in [-0.3, -0.25) is 4.79 Å². The summed E-state index contributed by atoms with van der Waals surface area (Å²) in [5.41, 5.74) is 0.718. The molecule has 0 aliphatic carbocycles. The van der Waals surface area contributed by atoms with Gasteiger partial charge in [-0.25, -0.2) is 4.98 Å². The summed E-state index contributed by atoms with van der Waals surface area (Å²) in [4.78, 5) is 16.5. The number of hydrogen-bond donors (Lipinski definition) is 1. The van der Waals surface area contributed by atoms with E-state index in [4.69, 9.17) is 25.8 Å². The largest absolute Gasteiger partial charge is 0.497 e. The molecule has 1 N–H and O–H groups in total. The number of carbonyl (C=O) groups excluding carboxylic acids is 1. The van der Waals surface area contributed by atoms with Crippen molar-refractivity contribution < 1.29 is 19.0 Å². The Morgan fingerprint density at radius 3 is 2.69 bits per heavy atom. The minimum Gasteiger partial charge on any atom is -0.497 e. The normalized spacial score (nSPS) is 10.4. The number of nitrogens with one attached hydrogen (secondary N) is 1. The van der Waals surface area contributed by atoms with Crippen LogP contribution in [0.1, 0.15) is 10.7 Å². The lowest BCUT2D eigenvalue weighted by Gasteiger charge is -2.08. The van der Waals surface area contributed by atoms with Gasteiger partial charge < -0.3 is 19.5 Å². The average molecular weight is 433 g/mol. The first-order valence-electron chi connectivity index (χ1n) is 8.97. The molecule has 152 valence electrons. The Morgan fingerprint density at radius 2 is 1.90 bits per heavy atom. The van der Waals surface area contributed by atoms with Gasteiger partial charge in [0.05, 0.1) is 25.8 Å². The lowest BCUT2D eigenvalue weighted by Crippen LogP contribution is -2.29. The first-order valence-corrected chi connectivity index (χ1v) is 10.2. The van der Waals surface area contributed by atoms with Crippen LogP contribution >= 0.6 is 22.9 Å². The van der Waals surface area contributed by atoms with Gasteiger partial charge in [-0.15, -0.1) is 11.3 Å². The summed E-state index contributed by atoms with van der Waals surface area (Å²) in [7, 11) is 1.60. The van der Waals surface area contributed by atoms with Gasteiger partial charge >= 0.3 is 0 Å². The Hall–Kier alpha value is -2.77. The molecule has 1 heterocycles. The molecule has 1 amide bonds. The highest BCUT2D eigenvalue weighted by atomic mass is 35.5. The Bertz CT molecular complexity index is 930. The minimum atomic E-state index is -0.102. The molecule has 29 heavy (non-hydrogen) atoms. The summed E-state index contributed by atoms with van der Waals surface area (Å²) in [5, 5.41) is 6.17. The third kappa shape index (κ3) is 6.96. The van der Waals surface area contributed by atoms with Crippen LogP contribution in [-0.4, -0.2) is 31.2 Å². The fourth-order valence-electron chi connectivity index (χ4n) is 2.45. The molecule has 0 unspecified atom stereocenters. The number of ether oxygens (including phenoxy) is 3. The molecule has 0 bridgehead atoms. The number of carbonyl (C=O) groups is 1. The summed E-state index contributed by atoms with van der Waals surface area (Å²) < 4.78 is 16.4. The van der Waals surface area contributed by atoms with E-state index >= 15 is 0 Å². The molecular formula is C21H21ClN2O4S. The van der Waals surface area contributed by atoms with Gasteiger partial charge in [-0.05, 0) is 36.4 Å². The molecule has 0 spiro atoms. The topological polar surface area (TPSA) is 69.7 Å². The number of amides is 1. The van der Waals surface area contributed by atoms with Crippen molar-refractivity contribution >= 4 is 28.8 Å². The van der Waals surface area contributed by atoms with Crippen molar-refractivity contribution in [3.63, 3.8) is 0 Å². The van der Waals surface area contributed by atoms with Gasteiger partial charge in [0.1, 0.15) is 35.5 Å². The lowest BCUT2D eigenvalue weighted by atomic mass is 10.3. The van der Waals surface area contributed by atoms with Gasteiger partial charge in [0.2, 0.25) is 5.91 Å². The number of thiazole rings is 1. The zero-order chi connectivity index (χ0) is 20.5. The number of aromatic nitrogens is 1. The van der Waals surface area contributed by atoms with E-state index in [2.05, 4.69) is 10.3 Å². The zero-order valence-electron chi connectivity index (χ0n) is 15.9. The zero-order valence-corrected chi connectivity index (χ0v) is 17.5. The molecule has 0 aliphatic heterocycles. The van der Waals surface area contributed by atoms with Crippen molar-refractivity contribution in [1.82, 2.24) is 10.3 Å². The number of halogens is 1. The number of hydrogen-bond acceptors (Lipinski definition) is 6. The summed E-state index contributed by atoms with van der Waals surface area (Å²) in [6, 6.07) is 14.5. The highest BCUT2D eigenvalue weighted by molar-refractivity contribution is 7.09. The molecule has 6 nitrogen and oxygen atoms in total. The highest BCUT2D eigenvalue weighted by Gasteiger charge is 2.08. The molecule has 3 aromatic rings. The van der Waals surface area contributed by atoms with E-state index in [1.165, 1.54) is 11.3 Å². The third-order valence-electron chi connectivity index (χ3n) is 3.85. The monoisotopic (exact) mass is 432 g/mol. The van der Waals surface area contributed by atoms with Crippen LogP contribution in [-0.2, 0) is 17.8 Å². The first kappa shape index (κ1) is 21.0. The first-order chi connectivity index (χ1) is 14.1. The van der Waals surface area contributed by atoms with E-state index < -0.39 is 0 Å². The van der Waals surface area contributed by atoms with Crippen molar-refractivity contribution in [1.29, 1.82) is 0 Å². The number of nitrogens with zero attached hydrogens (tertiary/aromatic N) is 1. The molecule has 0 fully saturated rings. The van der Waals surface area contributed by atoms with Crippen molar-refractivity contribution in [3.8, 4) is 17.2 Å². The molecule has 0 aliphatic rings. The lowest BCUT2D eigenvalue weighted by molar-refractivity contribution is -0.120. The van der Waals surface area contributed by atoms with E-state index in [9.17, 15) is 4.79 Å². The Labute approximate surface area is 178 Å². The van der Waals surface area contributed by atoms with Crippen LogP contribution in [0.2, 0.25) is 5.02 Å². The van der Waals surface area contributed by atoms with Gasteiger partial charge in [-0.1, -0.05) is 17.7 Å². The molecule has 0 atom stereocenters. The summed E-state index contributed by atoms with van der Waals surface area (Å²) in [6.07, 6.45) is 0.219. The molecule has 3 rings (SSSR count). The highest BCUT2D eigenvalue weighted by Crippen LogP contribution is 2.19. The minimum absolute atomic E-state index is 0.102. The van der Waals surface area contributed by atoms with Crippen LogP contribution in [0.15, 0.2) is 53.9 Å². The standard InChI is InChI=1S/C21H21ClN2O4S/c1-26-18-3-2-4-19(12-18)27-10-9-23-20(25)11-16-14-29-21(24-16)13-28-17-7-5-15(22)6-8-17/h2-8,12,14H,9-11,13H2,1H3,(H,23,25). The van der Waals surface area contributed by atoms with Gasteiger partial charge in [0.25, 0.3) is 0 Å². The second kappa shape index (κ2) is 10.7. The quantitative estimate of drug-likeness (QED) is 0.488. The molecule has 0 saturated heterocycles. The van der Waals surface area contributed by atoms with Crippen molar-refractivity contribution in [3.05, 3.63) is 69.6 Å². The predicted octanol–water partition coefficient (Wildman–Crippen LogP) is 4.12.